The van der Waals surface area contributed by atoms with E-state index < -0.39 is 6.09 Å². The number of aldehydes is 1. The molecule has 0 radical (unpaired) electrons. The molecule has 0 unspecified atom stereocenters. The molecule has 1 aliphatic heterocycles. The van der Waals surface area contributed by atoms with Crippen molar-refractivity contribution in [2.75, 3.05) is 19.0 Å². The fourth-order valence-electron chi connectivity index (χ4n) is 1.29. The summed E-state index contributed by atoms with van der Waals surface area (Å²) in [5, 5.41) is 11.1. The Morgan fingerprint density at radius 1 is 1.56 bits per heavy atom. The first-order valence-corrected chi connectivity index (χ1v) is 5.93. The van der Waals surface area contributed by atoms with E-state index in [1.807, 2.05) is 0 Å². The number of ether oxygens (including phenoxy) is 1. The Kier molecular flexibility index (Phi) is 5.87. The lowest BCUT2D eigenvalue weighted by Gasteiger charge is -2.19. The molecule has 2 N–H and O–H groups in total. The van der Waals surface area contributed by atoms with E-state index in [4.69, 9.17) is 9.84 Å². The van der Waals surface area contributed by atoms with Crippen LogP contribution in [0.5, 0.6) is 0 Å². The zero-order valence-electron chi connectivity index (χ0n) is 8.72. The summed E-state index contributed by atoms with van der Waals surface area (Å²) in [6.07, 6.45) is 1.12. The van der Waals surface area contributed by atoms with Gasteiger partial charge >= 0.3 is 6.09 Å². The number of amides is 1. The Bertz CT molecular complexity index is 277. The quantitative estimate of drug-likeness (QED) is 0.435. The van der Waals surface area contributed by atoms with Gasteiger partial charge < -0.3 is 14.6 Å². The van der Waals surface area contributed by atoms with Crippen molar-refractivity contribution in [3.63, 3.8) is 0 Å². The summed E-state index contributed by atoms with van der Waals surface area (Å²) in [4.78, 5) is 25.0. The average Bonchev–Trinajstić information content (AvgIpc) is 2.26. The largest absolute Gasteiger partial charge is 0.465 e. The molecular weight excluding hydrogens is 232 g/mol. The standard InChI is InChI=1S/C9H14N2O4S/c12-3-6-16-8(11-9(13)14)10-7-1-4-15-5-2-7/h3,7H,1-2,4-6H2,(H,10,11)(H,13,14). The van der Waals surface area contributed by atoms with Gasteiger partial charge in [0.1, 0.15) is 6.29 Å². The minimum Gasteiger partial charge on any atom is -0.465 e. The third kappa shape index (κ3) is 5.13. The molecule has 1 fully saturated rings. The van der Waals surface area contributed by atoms with Crippen molar-refractivity contribution in [1.29, 1.82) is 0 Å². The molecule has 90 valence electrons. The maximum Gasteiger partial charge on any atom is 0.410 e. The number of rotatable bonds is 3. The molecule has 1 aliphatic rings. The maximum absolute atomic E-state index is 10.5. The van der Waals surface area contributed by atoms with Gasteiger partial charge in [-0.2, -0.15) is 0 Å². The summed E-state index contributed by atoms with van der Waals surface area (Å²) in [6.45, 7) is 1.29. The molecule has 1 amide bonds. The molecule has 16 heavy (non-hydrogen) atoms. The summed E-state index contributed by atoms with van der Waals surface area (Å²) in [6, 6.07) is 0.0785. The van der Waals surface area contributed by atoms with Crippen molar-refractivity contribution in [3.8, 4) is 0 Å². The van der Waals surface area contributed by atoms with Gasteiger partial charge in [0.15, 0.2) is 5.17 Å². The van der Waals surface area contributed by atoms with E-state index in [1.165, 1.54) is 0 Å². The van der Waals surface area contributed by atoms with Crippen LogP contribution in [0.15, 0.2) is 4.99 Å². The van der Waals surface area contributed by atoms with Crippen LogP contribution in [0.3, 0.4) is 0 Å². The zero-order valence-corrected chi connectivity index (χ0v) is 9.53. The molecule has 1 saturated heterocycles. The molecule has 0 spiro atoms. The SMILES string of the molecule is O=CCSC(=NC1CCOCC1)NC(=O)O. The molecule has 0 saturated carbocycles. The van der Waals surface area contributed by atoms with Gasteiger partial charge in [-0.3, -0.25) is 10.3 Å². The second-order valence-corrected chi connectivity index (χ2v) is 4.19. The second-order valence-electron chi connectivity index (χ2n) is 3.19. The number of aliphatic imine (C=N–C) groups is 1. The molecule has 0 aromatic heterocycles. The minimum atomic E-state index is -1.16. The Morgan fingerprint density at radius 3 is 2.81 bits per heavy atom. The fraction of sp³-hybridized carbons (Fsp3) is 0.667. The lowest BCUT2D eigenvalue weighted by molar-refractivity contribution is -0.105. The van der Waals surface area contributed by atoms with Gasteiger partial charge in [0, 0.05) is 13.2 Å². The van der Waals surface area contributed by atoms with Crippen molar-refractivity contribution in [2.45, 2.75) is 18.9 Å². The summed E-state index contributed by atoms with van der Waals surface area (Å²) in [7, 11) is 0. The fourth-order valence-corrected chi connectivity index (χ4v) is 1.90. The Balaban J connectivity index is 2.53. The molecule has 0 atom stereocenters. The van der Waals surface area contributed by atoms with E-state index in [0.717, 1.165) is 24.6 Å². The van der Waals surface area contributed by atoms with Crippen LogP contribution in [0.1, 0.15) is 12.8 Å². The second kappa shape index (κ2) is 7.24. The van der Waals surface area contributed by atoms with Crippen LogP contribution in [0.4, 0.5) is 4.79 Å². The summed E-state index contributed by atoms with van der Waals surface area (Å²) in [5.74, 6) is 0.197. The van der Waals surface area contributed by atoms with E-state index in [2.05, 4.69) is 10.3 Å². The third-order valence-corrected chi connectivity index (χ3v) is 2.78. The summed E-state index contributed by atoms with van der Waals surface area (Å²) < 4.78 is 5.17. The molecule has 7 heteroatoms. The Labute approximate surface area is 97.5 Å². The van der Waals surface area contributed by atoms with Gasteiger partial charge in [-0.15, -0.1) is 0 Å². The third-order valence-electron chi connectivity index (χ3n) is 1.99. The van der Waals surface area contributed by atoms with E-state index in [1.54, 1.807) is 0 Å². The van der Waals surface area contributed by atoms with Crippen LogP contribution in [-0.2, 0) is 9.53 Å². The van der Waals surface area contributed by atoms with Gasteiger partial charge in [0.25, 0.3) is 0 Å². The van der Waals surface area contributed by atoms with E-state index in [-0.39, 0.29) is 17.0 Å². The number of carbonyl (C=O) groups is 2. The molecule has 6 nitrogen and oxygen atoms in total. The van der Waals surface area contributed by atoms with Gasteiger partial charge in [-0.1, -0.05) is 11.8 Å². The molecule has 0 aromatic carbocycles. The number of nitrogens with zero attached hydrogens (tertiary/aromatic N) is 1. The number of hydrogen-bond donors (Lipinski definition) is 2. The smallest absolute Gasteiger partial charge is 0.410 e. The Hall–Kier alpha value is -1.08. The molecule has 0 aliphatic carbocycles. The number of thioether (sulfide) groups is 1. The monoisotopic (exact) mass is 246 g/mol. The lowest BCUT2D eigenvalue weighted by atomic mass is 10.1. The van der Waals surface area contributed by atoms with E-state index in [0.29, 0.717) is 19.5 Å². The minimum absolute atomic E-state index is 0.0785. The molecule has 0 aromatic rings. The van der Waals surface area contributed by atoms with E-state index >= 15 is 0 Å². The van der Waals surface area contributed by atoms with Crippen molar-refractivity contribution in [1.82, 2.24) is 5.32 Å². The van der Waals surface area contributed by atoms with Crippen molar-refractivity contribution < 1.29 is 19.4 Å². The van der Waals surface area contributed by atoms with Gasteiger partial charge in [0.05, 0.1) is 11.8 Å². The van der Waals surface area contributed by atoms with Crippen LogP contribution < -0.4 is 5.32 Å². The highest BCUT2D eigenvalue weighted by atomic mass is 32.2. The number of amidine groups is 1. The molecular formula is C9H14N2O4S. The maximum atomic E-state index is 10.5. The van der Waals surface area contributed by atoms with Crippen LogP contribution in [0.25, 0.3) is 0 Å². The van der Waals surface area contributed by atoms with Crippen LogP contribution in [0.2, 0.25) is 0 Å². The van der Waals surface area contributed by atoms with E-state index in [9.17, 15) is 9.59 Å². The highest BCUT2D eigenvalue weighted by Gasteiger charge is 2.14. The predicted octanol–water partition coefficient (Wildman–Crippen LogP) is 0.721. The highest BCUT2D eigenvalue weighted by Crippen LogP contribution is 2.12. The van der Waals surface area contributed by atoms with Gasteiger partial charge in [-0.05, 0) is 12.8 Å². The first-order chi connectivity index (χ1) is 7.72. The number of nitrogens with one attached hydrogen (secondary N) is 1. The number of carbonyl (C=O) groups excluding carboxylic acids is 1. The average molecular weight is 246 g/mol. The molecule has 1 heterocycles. The highest BCUT2D eigenvalue weighted by molar-refractivity contribution is 8.14. The van der Waals surface area contributed by atoms with Crippen molar-refractivity contribution >= 4 is 29.3 Å². The molecule has 1 rings (SSSR count). The van der Waals surface area contributed by atoms with Crippen molar-refractivity contribution in [3.05, 3.63) is 0 Å². The van der Waals surface area contributed by atoms with Crippen LogP contribution in [0, 0.1) is 0 Å². The van der Waals surface area contributed by atoms with Crippen LogP contribution in [-0.4, -0.2) is 47.7 Å². The first kappa shape index (κ1) is 13.0. The Morgan fingerprint density at radius 2 is 2.25 bits per heavy atom. The zero-order chi connectivity index (χ0) is 11.8. The first-order valence-electron chi connectivity index (χ1n) is 4.94. The lowest BCUT2D eigenvalue weighted by Crippen LogP contribution is -2.29. The van der Waals surface area contributed by atoms with Gasteiger partial charge in [-0.25, -0.2) is 4.79 Å². The normalized spacial score (nSPS) is 18.1. The van der Waals surface area contributed by atoms with Crippen LogP contribution >= 0.6 is 11.8 Å². The predicted molar refractivity (Wildman–Crippen MR) is 61.0 cm³/mol. The topological polar surface area (TPSA) is 88.0 Å². The van der Waals surface area contributed by atoms with Crippen molar-refractivity contribution in [2.24, 2.45) is 4.99 Å². The number of hydrogen-bond acceptors (Lipinski definition) is 5. The van der Waals surface area contributed by atoms with Gasteiger partial charge in [0.2, 0.25) is 0 Å². The summed E-state index contributed by atoms with van der Waals surface area (Å²) in [5.41, 5.74) is 0. The molecule has 0 bridgehead atoms. The summed E-state index contributed by atoms with van der Waals surface area (Å²) >= 11 is 1.09. The number of carboxylic acid groups (broad SMARTS) is 1.